The summed E-state index contributed by atoms with van der Waals surface area (Å²) in [5, 5.41) is 15.4. The van der Waals surface area contributed by atoms with Gasteiger partial charge in [-0.25, -0.2) is 15.0 Å². The minimum atomic E-state index is -1.16. The highest BCUT2D eigenvalue weighted by atomic mass is 32.2. The van der Waals surface area contributed by atoms with Crippen LogP contribution in [0.5, 0.6) is 0 Å². The molecule has 3 aliphatic rings. The lowest BCUT2D eigenvalue weighted by atomic mass is 9.75. The first-order chi connectivity index (χ1) is 17.1. The summed E-state index contributed by atoms with van der Waals surface area (Å²) in [7, 11) is 0.502. The summed E-state index contributed by atoms with van der Waals surface area (Å²) in [6, 6.07) is 0. The number of aliphatic imine (C=N–C) groups is 1. The number of aromatic nitrogens is 4. The van der Waals surface area contributed by atoms with E-state index in [0.717, 1.165) is 37.0 Å². The molecule has 0 spiro atoms. The van der Waals surface area contributed by atoms with Gasteiger partial charge >= 0.3 is 0 Å². The Labute approximate surface area is 206 Å². The Balaban J connectivity index is 1.43. The Kier molecular flexibility index (Phi) is 6.18. The molecule has 5 rings (SSSR count). The number of aryl methyl sites for hydroxylation is 1. The molecular weight excluding hydrogens is 462 g/mol. The molecule has 178 valence electrons. The van der Waals surface area contributed by atoms with Crippen LogP contribution in [0.15, 0.2) is 28.4 Å². The number of nitriles is 1. The average Bonchev–Trinajstić information content (AvgIpc) is 3.26. The Bertz CT molecular complexity index is 1320. The molecule has 1 fully saturated rings. The van der Waals surface area contributed by atoms with Gasteiger partial charge in [-0.15, -0.1) is 6.42 Å². The highest BCUT2D eigenvalue weighted by Gasteiger charge is 2.44. The molecule has 1 saturated carbocycles. The number of hydrogen-bond donors (Lipinski definition) is 2. The minimum Gasteiger partial charge on any atom is -0.356 e. The minimum absolute atomic E-state index is 0.520. The van der Waals surface area contributed by atoms with Crippen LogP contribution in [-0.4, -0.2) is 61.4 Å². The Morgan fingerprint density at radius 1 is 1.29 bits per heavy atom. The zero-order valence-electron chi connectivity index (χ0n) is 19.4. The molecule has 0 aromatic carbocycles. The summed E-state index contributed by atoms with van der Waals surface area (Å²) in [5.74, 6) is 5.50. The second kappa shape index (κ2) is 9.43. The van der Waals surface area contributed by atoms with E-state index in [9.17, 15) is 9.47 Å². The fraction of sp³-hybridized carbons (Fsp3) is 0.417. The molecule has 0 radical (unpaired) electrons. The van der Waals surface area contributed by atoms with Crippen molar-refractivity contribution in [2.24, 2.45) is 4.99 Å². The van der Waals surface area contributed by atoms with Gasteiger partial charge < -0.3 is 10.2 Å². The predicted molar refractivity (Wildman–Crippen MR) is 134 cm³/mol. The van der Waals surface area contributed by atoms with Crippen molar-refractivity contribution < 1.29 is 4.21 Å². The number of rotatable bonds is 5. The van der Waals surface area contributed by atoms with E-state index in [1.165, 1.54) is 0 Å². The van der Waals surface area contributed by atoms with Crippen LogP contribution in [0.25, 0.3) is 5.57 Å². The summed E-state index contributed by atoms with van der Waals surface area (Å²) < 4.78 is 12.8. The fourth-order valence-electron chi connectivity index (χ4n) is 4.65. The monoisotopic (exact) mass is 487 g/mol. The number of hydrogen-bond acceptors (Lipinski definition) is 9. The van der Waals surface area contributed by atoms with Gasteiger partial charge in [-0.05, 0) is 31.3 Å². The SMILES string of the molecule is C#Cc1cnc(C2=CCN(c3nc4c(c(NC5(C(=NC)NC#N)CCC5)n3)[S@@](=O)CC4)CC2)nc1. The van der Waals surface area contributed by atoms with Gasteiger partial charge in [0.15, 0.2) is 12.0 Å². The van der Waals surface area contributed by atoms with Crippen LogP contribution in [0, 0.1) is 23.8 Å². The molecule has 0 bridgehead atoms. The Hall–Kier alpha value is -3.83. The molecule has 0 unspecified atom stereocenters. The van der Waals surface area contributed by atoms with E-state index in [4.69, 9.17) is 16.4 Å². The fourth-order valence-corrected chi connectivity index (χ4v) is 5.96. The first-order valence-electron chi connectivity index (χ1n) is 11.5. The van der Waals surface area contributed by atoms with Crippen molar-refractivity contribution in [1.82, 2.24) is 25.3 Å². The quantitative estimate of drug-likeness (QED) is 0.212. The lowest BCUT2D eigenvalue weighted by molar-refractivity contribution is 0.365. The van der Waals surface area contributed by atoms with Crippen molar-refractivity contribution in [3.8, 4) is 18.5 Å². The zero-order valence-corrected chi connectivity index (χ0v) is 20.2. The first-order valence-corrected chi connectivity index (χ1v) is 12.8. The summed E-state index contributed by atoms with van der Waals surface area (Å²) in [6.45, 7) is 1.32. The molecule has 2 aromatic heterocycles. The van der Waals surface area contributed by atoms with E-state index in [2.05, 4.69) is 42.5 Å². The van der Waals surface area contributed by atoms with Crippen LogP contribution in [-0.2, 0) is 17.2 Å². The largest absolute Gasteiger partial charge is 0.356 e. The van der Waals surface area contributed by atoms with Gasteiger partial charge in [0, 0.05) is 44.7 Å². The van der Waals surface area contributed by atoms with Gasteiger partial charge in [0.1, 0.15) is 16.5 Å². The topological polar surface area (TPSA) is 132 Å². The third-order valence-corrected chi connectivity index (χ3v) is 8.15. The normalized spacial score (nSPS) is 20.7. The van der Waals surface area contributed by atoms with Crippen molar-refractivity contribution in [2.45, 2.75) is 42.5 Å². The number of terminal acetylenes is 1. The average molecular weight is 488 g/mol. The zero-order chi connectivity index (χ0) is 24.4. The van der Waals surface area contributed by atoms with Crippen molar-refractivity contribution in [1.29, 1.82) is 5.26 Å². The van der Waals surface area contributed by atoms with Crippen LogP contribution in [0.3, 0.4) is 0 Å². The van der Waals surface area contributed by atoms with Crippen molar-refractivity contribution in [3.63, 3.8) is 0 Å². The summed E-state index contributed by atoms with van der Waals surface area (Å²) >= 11 is 0. The van der Waals surface area contributed by atoms with Crippen molar-refractivity contribution in [3.05, 3.63) is 35.6 Å². The molecular formula is C24H25N9OS. The number of nitrogens with zero attached hydrogens (tertiary/aromatic N) is 7. The maximum absolute atomic E-state index is 12.8. The molecule has 2 aliphatic heterocycles. The van der Waals surface area contributed by atoms with E-state index in [-0.39, 0.29) is 0 Å². The third kappa shape index (κ3) is 4.24. The highest BCUT2D eigenvalue weighted by Crippen LogP contribution is 2.39. The van der Waals surface area contributed by atoms with Crippen LogP contribution in [0.4, 0.5) is 11.8 Å². The summed E-state index contributed by atoms with van der Waals surface area (Å²) in [6.07, 6.45) is 16.8. The molecule has 10 nitrogen and oxygen atoms in total. The van der Waals surface area contributed by atoms with Gasteiger partial charge in [-0.2, -0.15) is 10.2 Å². The molecule has 11 heteroatoms. The Morgan fingerprint density at radius 2 is 2.09 bits per heavy atom. The summed E-state index contributed by atoms with van der Waals surface area (Å²) in [4.78, 5) is 25.5. The molecule has 1 aliphatic carbocycles. The van der Waals surface area contributed by atoms with Crippen LogP contribution in [0.1, 0.15) is 42.8 Å². The number of nitrogens with one attached hydrogen (secondary N) is 2. The Morgan fingerprint density at radius 3 is 2.69 bits per heavy atom. The van der Waals surface area contributed by atoms with Gasteiger partial charge in [0.05, 0.1) is 27.6 Å². The molecule has 35 heavy (non-hydrogen) atoms. The third-order valence-electron chi connectivity index (χ3n) is 6.69. The van der Waals surface area contributed by atoms with Crippen LogP contribution < -0.4 is 15.5 Å². The maximum Gasteiger partial charge on any atom is 0.227 e. The lowest BCUT2D eigenvalue weighted by Gasteiger charge is -2.43. The first kappa shape index (κ1) is 22.9. The van der Waals surface area contributed by atoms with Gasteiger partial charge in [-0.1, -0.05) is 12.0 Å². The van der Waals surface area contributed by atoms with E-state index in [0.29, 0.717) is 59.1 Å². The molecule has 1 atom stereocenters. The van der Waals surface area contributed by atoms with E-state index < -0.39 is 16.3 Å². The summed E-state index contributed by atoms with van der Waals surface area (Å²) in [5.41, 5.74) is 2.01. The molecule has 2 N–H and O–H groups in total. The molecule has 2 aromatic rings. The maximum atomic E-state index is 12.8. The molecule has 4 heterocycles. The van der Waals surface area contributed by atoms with Crippen molar-refractivity contribution >= 4 is 34.0 Å². The van der Waals surface area contributed by atoms with E-state index in [1.54, 1.807) is 19.4 Å². The van der Waals surface area contributed by atoms with Crippen LogP contribution in [0.2, 0.25) is 0 Å². The standard InChI is InChI=1S/C24H25N9OS/c1-3-16-13-27-20(28-14-16)17-5-10-33(11-6-17)23-30-18-7-12-35(34)19(18)21(31-23)32-24(8-4-9-24)22(26-2)29-15-25/h1,5,13-14H,4,6-12H2,2H3,(H,26,29)(H,30,31,32)/t35-/m0/s1. The van der Waals surface area contributed by atoms with Gasteiger partial charge in [0.25, 0.3) is 0 Å². The number of fused-ring (bicyclic) bond motifs is 1. The van der Waals surface area contributed by atoms with Gasteiger partial charge in [-0.3, -0.25) is 14.5 Å². The molecule has 0 saturated heterocycles. The molecule has 0 amide bonds. The van der Waals surface area contributed by atoms with E-state index in [1.807, 2.05) is 6.19 Å². The van der Waals surface area contributed by atoms with E-state index >= 15 is 0 Å². The van der Waals surface area contributed by atoms with Gasteiger partial charge in [0.2, 0.25) is 5.95 Å². The smallest absolute Gasteiger partial charge is 0.227 e. The second-order valence-electron chi connectivity index (χ2n) is 8.68. The number of amidine groups is 1. The predicted octanol–water partition coefficient (Wildman–Crippen LogP) is 1.64. The highest BCUT2D eigenvalue weighted by molar-refractivity contribution is 7.85. The lowest BCUT2D eigenvalue weighted by Crippen LogP contribution is -2.56. The number of anilines is 2. The van der Waals surface area contributed by atoms with Crippen molar-refractivity contribution in [2.75, 3.05) is 36.1 Å². The second-order valence-corrected chi connectivity index (χ2v) is 10.2. The van der Waals surface area contributed by atoms with Crippen LogP contribution >= 0.6 is 0 Å².